The van der Waals surface area contributed by atoms with Crippen molar-refractivity contribution < 1.29 is 27.1 Å². The van der Waals surface area contributed by atoms with Crippen LogP contribution in [0.15, 0.2) is 29.2 Å². The van der Waals surface area contributed by atoms with Gasteiger partial charge in [0.15, 0.2) is 0 Å². The Labute approximate surface area is 158 Å². The Morgan fingerprint density at radius 1 is 1.07 bits per heavy atom. The van der Waals surface area contributed by atoms with E-state index in [-0.39, 0.29) is 30.5 Å². The number of ether oxygens (including phenoxy) is 1. The summed E-state index contributed by atoms with van der Waals surface area (Å²) in [5.41, 5.74) is 0. The van der Waals surface area contributed by atoms with Crippen LogP contribution < -0.4 is 0 Å². The van der Waals surface area contributed by atoms with Crippen molar-refractivity contribution in [2.24, 2.45) is 0 Å². The highest BCUT2D eigenvalue weighted by Gasteiger charge is 2.29. The molecule has 1 aliphatic heterocycles. The lowest BCUT2D eigenvalue weighted by Gasteiger charge is -2.35. The number of hydrogen-bond donors (Lipinski definition) is 0. The highest BCUT2D eigenvalue weighted by atomic mass is 32.2. The first-order valence-electron chi connectivity index (χ1n) is 8.74. The van der Waals surface area contributed by atoms with Crippen LogP contribution in [0.1, 0.15) is 13.8 Å². The van der Waals surface area contributed by atoms with Gasteiger partial charge in [-0.3, -0.25) is 4.79 Å². The summed E-state index contributed by atoms with van der Waals surface area (Å²) in [6.07, 6.45) is -0.418. The topological polar surface area (TPSA) is 87.2 Å². The summed E-state index contributed by atoms with van der Waals surface area (Å²) in [6, 6.07) is 4.49. The van der Waals surface area contributed by atoms with Crippen molar-refractivity contribution >= 4 is 22.0 Å². The molecule has 1 heterocycles. The van der Waals surface area contributed by atoms with Gasteiger partial charge >= 0.3 is 6.09 Å². The predicted molar refractivity (Wildman–Crippen MR) is 96.0 cm³/mol. The van der Waals surface area contributed by atoms with Crippen molar-refractivity contribution in [2.75, 3.05) is 45.9 Å². The molecule has 2 rings (SSSR count). The van der Waals surface area contributed by atoms with Crippen molar-refractivity contribution in [3.8, 4) is 0 Å². The van der Waals surface area contributed by atoms with Gasteiger partial charge in [-0.05, 0) is 31.2 Å². The maximum Gasteiger partial charge on any atom is 0.409 e. The van der Waals surface area contributed by atoms with E-state index in [0.717, 1.165) is 16.4 Å². The first-order valence-corrected chi connectivity index (χ1v) is 10.2. The third-order valence-electron chi connectivity index (χ3n) is 4.27. The summed E-state index contributed by atoms with van der Waals surface area (Å²) in [7, 11) is -3.90. The Hall–Kier alpha value is -2.20. The Balaban J connectivity index is 1.99. The molecular formula is C17H24FN3O5S. The Bertz CT molecular complexity index is 761. The summed E-state index contributed by atoms with van der Waals surface area (Å²) in [5.74, 6) is -0.876. The average molecular weight is 401 g/mol. The van der Waals surface area contributed by atoms with Crippen LogP contribution in [0.2, 0.25) is 0 Å². The minimum Gasteiger partial charge on any atom is -0.450 e. The van der Waals surface area contributed by atoms with Crippen molar-refractivity contribution in [3.63, 3.8) is 0 Å². The molecule has 0 aliphatic carbocycles. The van der Waals surface area contributed by atoms with Gasteiger partial charge in [0.1, 0.15) is 5.82 Å². The average Bonchev–Trinajstić information content (AvgIpc) is 2.66. The predicted octanol–water partition coefficient (Wildman–Crippen LogP) is 1.14. The number of amides is 2. The van der Waals surface area contributed by atoms with Gasteiger partial charge in [-0.25, -0.2) is 17.6 Å². The summed E-state index contributed by atoms with van der Waals surface area (Å²) in [5, 5.41) is 0. The Morgan fingerprint density at radius 2 is 1.63 bits per heavy atom. The second-order valence-corrected chi connectivity index (χ2v) is 7.89. The molecule has 0 N–H and O–H groups in total. The molecule has 0 spiro atoms. The van der Waals surface area contributed by atoms with E-state index in [2.05, 4.69) is 0 Å². The van der Waals surface area contributed by atoms with Gasteiger partial charge < -0.3 is 14.5 Å². The SMILES string of the molecule is CCOC(=O)N1CCN(C(=O)CN(CC)S(=O)(=O)c2ccc(F)cc2)CC1. The molecule has 1 aromatic carbocycles. The lowest BCUT2D eigenvalue weighted by atomic mass is 10.3. The second kappa shape index (κ2) is 9.14. The molecule has 150 valence electrons. The fourth-order valence-electron chi connectivity index (χ4n) is 2.73. The van der Waals surface area contributed by atoms with Gasteiger partial charge in [-0.2, -0.15) is 4.31 Å². The molecule has 10 heteroatoms. The minimum atomic E-state index is -3.90. The first-order chi connectivity index (χ1) is 12.8. The van der Waals surface area contributed by atoms with Crippen LogP contribution in [-0.4, -0.2) is 80.4 Å². The zero-order valence-electron chi connectivity index (χ0n) is 15.4. The highest BCUT2D eigenvalue weighted by Crippen LogP contribution is 2.16. The van der Waals surface area contributed by atoms with Crippen LogP contribution in [-0.2, 0) is 19.6 Å². The Kier molecular flexibility index (Phi) is 7.14. The van der Waals surface area contributed by atoms with Gasteiger partial charge in [0.05, 0.1) is 18.0 Å². The van der Waals surface area contributed by atoms with Crippen LogP contribution >= 0.6 is 0 Å². The zero-order chi connectivity index (χ0) is 20.0. The first kappa shape index (κ1) is 21.1. The van der Waals surface area contributed by atoms with Gasteiger partial charge in [-0.15, -0.1) is 0 Å². The quantitative estimate of drug-likeness (QED) is 0.713. The lowest BCUT2D eigenvalue weighted by Crippen LogP contribution is -2.53. The number of piperazine rings is 1. The summed E-state index contributed by atoms with van der Waals surface area (Å²) in [6.45, 7) is 4.72. The number of halogens is 1. The number of carbonyl (C=O) groups excluding carboxylic acids is 2. The van der Waals surface area contributed by atoms with Gasteiger partial charge in [0.25, 0.3) is 0 Å². The van der Waals surface area contributed by atoms with E-state index in [9.17, 15) is 22.4 Å². The van der Waals surface area contributed by atoms with Gasteiger partial charge in [0, 0.05) is 32.7 Å². The number of nitrogens with zero attached hydrogens (tertiary/aromatic N) is 3. The summed E-state index contributed by atoms with van der Waals surface area (Å²) in [4.78, 5) is 27.2. The minimum absolute atomic E-state index is 0.0642. The van der Waals surface area contributed by atoms with Crippen molar-refractivity contribution in [1.82, 2.24) is 14.1 Å². The second-order valence-electron chi connectivity index (χ2n) is 5.95. The molecule has 0 aromatic heterocycles. The molecule has 8 nitrogen and oxygen atoms in total. The van der Waals surface area contributed by atoms with E-state index in [0.29, 0.717) is 26.2 Å². The number of benzene rings is 1. The molecular weight excluding hydrogens is 377 g/mol. The van der Waals surface area contributed by atoms with E-state index in [1.165, 1.54) is 21.9 Å². The normalized spacial score (nSPS) is 15.1. The van der Waals surface area contributed by atoms with Crippen LogP contribution in [0.4, 0.5) is 9.18 Å². The van der Waals surface area contributed by atoms with E-state index in [1.54, 1.807) is 13.8 Å². The monoisotopic (exact) mass is 401 g/mol. The maximum absolute atomic E-state index is 13.0. The Morgan fingerprint density at radius 3 is 2.15 bits per heavy atom. The number of rotatable bonds is 6. The summed E-state index contributed by atoms with van der Waals surface area (Å²) >= 11 is 0. The van der Waals surface area contributed by atoms with E-state index in [1.807, 2.05) is 0 Å². The van der Waals surface area contributed by atoms with Crippen LogP contribution in [0, 0.1) is 5.82 Å². The van der Waals surface area contributed by atoms with E-state index in [4.69, 9.17) is 4.74 Å². The van der Waals surface area contributed by atoms with Gasteiger partial charge in [-0.1, -0.05) is 6.92 Å². The van der Waals surface area contributed by atoms with Crippen LogP contribution in [0.5, 0.6) is 0 Å². The molecule has 0 saturated carbocycles. The zero-order valence-corrected chi connectivity index (χ0v) is 16.2. The molecule has 0 unspecified atom stereocenters. The molecule has 1 aromatic rings. The molecule has 0 radical (unpaired) electrons. The standard InChI is InChI=1S/C17H24FN3O5S/c1-3-21(27(24,25)15-7-5-14(18)6-8-15)13-16(22)19-9-11-20(12-10-19)17(23)26-4-2/h5-8H,3-4,9-13H2,1-2H3. The largest absolute Gasteiger partial charge is 0.450 e. The van der Waals surface area contributed by atoms with Crippen LogP contribution in [0.3, 0.4) is 0 Å². The number of hydrogen-bond acceptors (Lipinski definition) is 5. The number of carbonyl (C=O) groups is 2. The third-order valence-corrected chi connectivity index (χ3v) is 6.21. The fraction of sp³-hybridized carbons (Fsp3) is 0.529. The molecule has 1 fully saturated rings. The molecule has 2 amide bonds. The van der Waals surface area contributed by atoms with Crippen LogP contribution in [0.25, 0.3) is 0 Å². The summed E-state index contributed by atoms with van der Waals surface area (Å²) < 4.78 is 44.4. The smallest absolute Gasteiger partial charge is 0.409 e. The number of sulfonamides is 1. The van der Waals surface area contributed by atoms with Crippen molar-refractivity contribution in [2.45, 2.75) is 18.7 Å². The van der Waals surface area contributed by atoms with Gasteiger partial charge in [0.2, 0.25) is 15.9 Å². The van der Waals surface area contributed by atoms with Crippen molar-refractivity contribution in [1.29, 1.82) is 0 Å². The molecule has 1 saturated heterocycles. The molecule has 1 aliphatic rings. The van der Waals surface area contributed by atoms with E-state index < -0.39 is 21.9 Å². The lowest BCUT2D eigenvalue weighted by molar-refractivity contribution is -0.133. The maximum atomic E-state index is 13.0. The van der Waals surface area contributed by atoms with Crippen molar-refractivity contribution in [3.05, 3.63) is 30.1 Å². The molecule has 0 atom stereocenters. The molecule has 27 heavy (non-hydrogen) atoms. The fourth-order valence-corrected chi connectivity index (χ4v) is 4.12. The van der Waals surface area contributed by atoms with E-state index >= 15 is 0 Å². The molecule has 0 bridgehead atoms. The third kappa shape index (κ3) is 5.16. The highest BCUT2D eigenvalue weighted by molar-refractivity contribution is 7.89. The number of likely N-dealkylation sites (N-methyl/N-ethyl adjacent to an activating group) is 1.